The quantitative estimate of drug-likeness (QED) is 0.795. The first-order valence-electron chi connectivity index (χ1n) is 6.97. The third kappa shape index (κ3) is 2.94. The molecule has 2 aromatic heterocycles. The summed E-state index contributed by atoms with van der Waals surface area (Å²) in [6.45, 7) is 2.74. The van der Waals surface area contributed by atoms with Gasteiger partial charge in [-0.1, -0.05) is 30.3 Å². The fourth-order valence-electron chi connectivity index (χ4n) is 2.40. The Morgan fingerprint density at radius 2 is 1.90 bits per heavy atom. The highest BCUT2D eigenvalue weighted by Crippen LogP contribution is 2.26. The molecule has 21 heavy (non-hydrogen) atoms. The molecule has 1 aromatic carbocycles. The Balaban J connectivity index is 1.85. The van der Waals surface area contributed by atoms with Crippen molar-refractivity contribution in [3.63, 3.8) is 0 Å². The lowest BCUT2D eigenvalue weighted by atomic mass is 10.1. The molecule has 2 heterocycles. The second-order valence-corrected chi connectivity index (χ2v) is 5.03. The van der Waals surface area contributed by atoms with Crippen LogP contribution in [0.25, 0.3) is 11.1 Å². The number of aryl methyl sites for hydroxylation is 2. The maximum atomic E-state index is 4.47. The summed E-state index contributed by atoms with van der Waals surface area (Å²) in [6, 6.07) is 14.3. The predicted molar refractivity (Wildman–Crippen MR) is 84.9 cm³/mol. The molecule has 0 atom stereocenters. The van der Waals surface area contributed by atoms with Gasteiger partial charge in [-0.05, 0) is 24.6 Å². The van der Waals surface area contributed by atoms with E-state index >= 15 is 0 Å². The third-order valence-corrected chi connectivity index (χ3v) is 3.45. The van der Waals surface area contributed by atoms with Crippen molar-refractivity contribution in [1.29, 1.82) is 0 Å². The fraction of sp³-hybridized carbons (Fsp3) is 0.176. The number of aromatic nitrogens is 3. The van der Waals surface area contributed by atoms with Gasteiger partial charge in [-0.2, -0.15) is 5.10 Å². The van der Waals surface area contributed by atoms with Crippen LogP contribution in [0.1, 0.15) is 11.3 Å². The number of hydrogen-bond donors (Lipinski definition) is 1. The van der Waals surface area contributed by atoms with Crippen LogP contribution >= 0.6 is 0 Å². The molecule has 0 aliphatic rings. The van der Waals surface area contributed by atoms with Crippen molar-refractivity contribution in [3.8, 4) is 11.1 Å². The van der Waals surface area contributed by atoms with Gasteiger partial charge in [-0.3, -0.25) is 4.68 Å². The maximum absolute atomic E-state index is 4.47. The van der Waals surface area contributed by atoms with Crippen molar-refractivity contribution < 1.29 is 0 Å². The van der Waals surface area contributed by atoms with Gasteiger partial charge in [-0.15, -0.1) is 0 Å². The second-order valence-electron chi connectivity index (χ2n) is 5.03. The molecule has 0 fully saturated rings. The molecule has 3 rings (SSSR count). The Kier molecular flexibility index (Phi) is 3.69. The summed E-state index contributed by atoms with van der Waals surface area (Å²) in [5.41, 5.74) is 4.50. The number of nitrogens with one attached hydrogen (secondary N) is 1. The molecule has 0 saturated carbocycles. The van der Waals surface area contributed by atoms with E-state index in [1.165, 1.54) is 5.56 Å². The van der Waals surface area contributed by atoms with Crippen molar-refractivity contribution in [2.24, 2.45) is 7.05 Å². The second kappa shape index (κ2) is 5.79. The first kappa shape index (κ1) is 13.4. The smallest absolute Gasteiger partial charge is 0.134 e. The minimum Gasteiger partial charge on any atom is -0.365 e. The molecule has 0 unspecified atom stereocenters. The van der Waals surface area contributed by atoms with Crippen molar-refractivity contribution in [1.82, 2.24) is 14.8 Å². The molecular weight excluding hydrogens is 260 g/mol. The molecule has 4 heteroatoms. The first-order valence-corrected chi connectivity index (χ1v) is 6.97. The van der Waals surface area contributed by atoms with Gasteiger partial charge < -0.3 is 5.32 Å². The Bertz CT molecular complexity index is 732. The standard InChI is InChI=1S/C17H18N4/c1-13-15(12-21(2)20-13)11-19-17-16(9-6-10-18-17)14-7-4-3-5-8-14/h3-10,12H,11H2,1-2H3,(H,18,19). The van der Waals surface area contributed by atoms with Gasteiger partial charge in [0.1, 0.15) is 5.82 Å². The highest BCUT2D eigenvalue weighted by molar-refractivity contribution is 5.74. The number of rotatable bonds is 4. The summed E-state index contributed by atoms with van der Waals surface area (Å²) in [5.74, 6) is 0.895. The Morgan fingerprint density at radius 3 is 2.62 bits per heavy atom. The highest BCUT2D eigenvalue weighted by atomic mass is 15.3. The fourth-order valence-corrected chi connectivity index (χ4v) is 2.40. The van der Waals surface area contributed by atoms with E-state index in [9.17, 15) is 0 Å². The normalized spacial score (nSPS) is 10.6. The number of pyridine rings is 1. The van der Waals surface area contributed by atoms with Gasteiger partial charge in [0.15, 0.2) is 0 Å². The molecule has 0 radical (unpaired) electrons. The van der Waals surface area contributed by atoms with Crippen molar-refractivity contribution >= 4 is 5.82 Å². The van der Waals surface area contributed by atoms with Gasteiger partial charge in [0.25, 0.3) is 0 Å². The minimum absolute atomic E-state index is 0.719. The molecule has 0 amide bonds. The lowest BCUT2D eigenvalue weighted by molar-refractivity contribution is 0.756. The van der Waals surface area contributed by atoms with Crippen LogP contribution in [0.3, 0.4) is 0 Å². The topological polar surface area (TPSA) is 42.7 Å². The Morgan fingerprint density at radius 1 is 1.10 bits per heavy atom. The number of anilines is 1. The molecule has 106 valence electrons. The molecule has 0 aliphatic heterocycles. The van der Waals surface area contributed by atoms with Gasteiger partial charge in [-0.25, -0.2) is 4.98 Å². The van der Waals surface area contributed by atoms with Crippen molar-refractivity contribution in [2.75, 3.05) is 5.32 Å². The van der Waals surface area contributed by atoms with Crippen LogP contribution in [0.2, 0.25) is 0 Å². The molecule has 0 bridgehead atoms. The molecule has 3 aromatic rings. The summed E-state index contributed by atoms with van der Waals surface area (Å²) < 4.78 is 1.84. The molecule has 4 nitrogen and oxygen atoms in total. The van der Waals surface area contributed by atoms with E-state index in [-0.39, 0.29) is 0 Å². The van der Waals surface area contributed by atoms with E-state index in [1.54, 1.807) is 0 Å². The number of benzene rings is 1. The van der Waals surface area contributed by atoms with E-state index in [1.807, 2.05) is 55.3 Å². The third-order valence-electron chi connectivity index (χ3n) is 3.45. The van der Waals surface area contributed by atoms with Crippen LogP contribution in [-0.4, -0.2) is 14.8 Å². The molecular formula is C17H18N4. The van der Waals surface area contributed by atoms with Gasteiger partial charge in [0.2, 0.25) is 0 Å². The highest BCUT2D eigenvalue weighted by Gasteiger charge is 2.07. The Hall–Kier alpha value is -2.62. The summed E-state index contributed by atoms with van der Waals surface area (Å²) in [4.78, 5) is 4.47. The molecule has 0 saturated heterocycles. The zero-order valence-electron chi connectivity index (χ0n) is 12.2. The van der Waals surface area contributed by atoms with Gasteiger partial charge in [0.05, 0.1) is 5.69 Å². The van der Waals surface area contributed by atoms with Crippen LogP contribution in [0, 0.1) is 6.92 Å². The molecule has 1 N–H and O–H groups in total. The monoisotopic (exact) mass is 278 g/mol. The van der Waals surface area contributed by atoms with E-state index in [4.69, 9.17) is 0 Å². The summed E-state index contributed by atoms with van der Waals surface area (Å²) in [7, 11) is 1.94. The molecule has 0 spiro atoms. The van der Waals surface area contributed by atoms with E-state index in [0.717, 1.165) is 29.2 Å². The van der Waals surface area contributed by atoms with E-state index in [2.05, 4.69) is 33.6 Å². The average molecular weight is 278 g/mol. The maximum Gasteiger partial charge on any atom is 0.134 e. The summed E-state index contributed by atoms with van der Waals surface area (Å²) in [6.07, 6.45) is 3.85. The van der Waals surface area contributed by atoms with Gasteiger partial charge >= 0.3 is 0 Å². The summed E-state index contributed by atoms with van der Waals surface area (Å²) >= 11 is 0. The Labute approximate surface area is 124 Å². The van der Waals surface area contributed by atoms with Crippen LogP contribution in [0.4, 0.5) is 5.82 Å². The van der Waals surface area contributed by atoms with E-state index in [0.29, 0.717) is 0 Å². The first-order chi connectivity index (χ1) is 10.2. The SMILES string of the molecule is Cc1nn(C)cc1CNc1ncccc1-c1ccccc1. The zero-order valence-corrected chi connectivity index (χ0v) is 12.2. The summed E-state index contributed by atoms with van der Waals surface area (Å²) in [5, 5.41) is 7.78. The van der Waals surface area contributed by atoms with Crippen LogP contribution in [0.5, 0.6) is 0 Å². The largest absolute Gasteiger partial charge is 0.365 e. The average Bonchev–Trinajstić information content (AvgIpc) is 2.84. The minimum atomic E-state index is 0.719. The molecule has 0 aliphatic carbocycles. The zero-order chi connectivity index (χ0) is 14.7. The predicted octanol–water partition coefficient (Wildman–Crippen LogP) is 3.40. The van der Waals surface area contributed by atoms with Crippen LogP contribution in [-0.2, 0) is 13.6 Å². The lowest BCUT2D eigenvalue weighted by Crippen LogP contribution is -2.03. The van der Waals surface area contributed by atoms with Crippen LogP contribution in [0.15, 0.2) is 54.9 Å². The lowest BCUT2D eigenvalue weighted by Gasteiger charge is -2.10. The van der Waals surface area contributed by atoms with Crippen LogP contribution < -0.4 is 5.32 Å². The van der Waals surface area contributed by atoms with Crippen molar-refractivity contribution in [3.05, 3.63) is 66.1 Å². The van der Waals surface area contributed by atoms with Crippen molar-refractivity contribution in [2.45, 2.75) is 13.5 Å². The number of hydrogen-bond acceptors (Lipinski definition) is 3. The van der Waals surface area contributed by atoms with Gasteiger partial charge in [0, 0.05) is 37.1 Å². The van der Waals surface area contributed by atoms with E-state index < -0.39 is 0 Å². The number of nitrogens with zero attached hydrogens (tertiary/aromatic N) is 3.